The Hall–Kier alpha value is -4.61. The summed E-state index contributed by atoms with van der Waals surface area (Å²) in [7, 11) is 1.83. The molecule has 4 heterocycles. The van der Waals surface area contributed by atoms with Gasteiger partial charge in [0.05, 0.1) is 17.6 Å². The predicted molar refractivity (Wildman–Crippen MR) is 160 cm³/mol. The van der Waals surface area contributed by atoms with Crippen molar-refractivity contribution < 1.29 is 18.7 Å². The summed E-state index contributed by atoms with van der Waals surface area (Å²) in [6.07, 6.45) is 6.88. The number of fused-ring (bicyclic) bond motifs is 1. The van der Waals surface area contributed by atoms with Crippen LogP contribution in [-0.4, -0.2) is 58.6 Å². The van der Waals surface area contributed by atoms with E-state index in [0.29, 0.717) is 31.3 Å². The van der Waals surface area contributed by atoms with Crippen molar-refractivity contribution in [3.63, 3.8) is 0 Å². The van der Waals surface area contributed by atoms with Crippen molar-refractivity contribution in [1.82, 2.24) is 34.6 Å². The highest BCUT2D eigenvalue weighted by molar-refractivity contribution is 5.92. The lowest BCUT2D eigenvalue weighted by Crippen LogP contribution is -2.36. The lowest BCUT2D eigenvalue weighted by atomic mass is 9.87. The smallest absolute Gasteiger partial charge is 0.410 e. The molecule has 43 heavy (non-hydrogen) atoms. The number of ether oxygens (including phenoxy) is 1. The van der Waals surface area contributed by atoms with E-state index in [4.69, 9.17) is 9.15 Å². The lowest BCUT2D eigenvalue weighted by molar-refractivity contribution is 0.0234. The zero-order chi connectivity index (χ0) is 30.9. The summed E-state index contributed by atoms with van der Waals surface area (Å²) in [5, 5.41) is 7.30. The van der Waals surface area contributed by atoms with Crippen LogP contribution < -0.4 is 5.32 Å². The highest BCUT2D eigenvalue weighted by Gasteiger charge is 2.31. The summed E-state index contributed by atoms with van der Waals surface area (Å²) in [6, 6.07) is 5.91. The molecule has 1 amide bonds. The van der Waals surface area contributed by atoms with Crippen LogP contribution in [-0.2, 0) is 23.7 Å². The molecule has 12 nitrogen and oxygen atoms in total. The number of aromatic nitrogens is 6. The number of hydrogen-bond donors (Lipinski definition) is 1. The number of anilines is 2. The van der Waals surface area contributed by atoms with Crippen LogP contribution in [0.5, 0.6) is 0 Å². The van der Waals surface area contributed by atoms with Gasteiger partial charge in [-0.1, -0.05) is 32.9 Å². The van der Waals surface area contributed by atoms with Crippen molar-refractivity contribution in [3.05, 3.63) is 65.9 Å². The number of nitrogens with zero attached hydrogens (tertiary/aromatic N) is 7. The first-order valence-electron chi connectivity index (χ1n) is 14.3. The van der Waals surface area contributed by atoms with Gasteiger partial charge in [-0.25, -0.2) is 19.7 Å². The van der Waals surface area contributed by atoms with Crippen molar-refractivity contribution in [2.75, 3.05) is 11.9 Å². The molecule has 1 aliphatic heterocycles. The lowest BCUT2D eigenvalue weighted by Gasteiger charge is -2.26. The molecule has 0 unspecified atom stereocenters. The Labute approximate surface area is 250 Å². The second kappa shape index (κ2) is 11.6. The Morgan fingerprint density at radius 3 is 2.58 bits per heavy atom. The molecule has 226 valence electrons. The Morgan fingerprint density at radius 1 is 1.12 bits per heavy atom. The topological polar surface area (TPSA) is 141 Å². The van der Waals surface area contributed by atoms with Gasteiger partial charge in [-0.3, -0.25) is 9.48 Å². The summed E-state index contributed by atoms with van der Waals surface area (Å²) < 4.78 is 13.0. The van der Waals surface area contributed by atoms with Crippen molar-refractivity contribution in [3.8, 4) is 11.4 Å². The fraction of sp³-hybridized carbons (Fsp3) is 0.452. The van der Waals surface area contributed by atoms with Crippen LogP contribution in [0.15, 0.2) is 47.6 Å². The summed E-state index contributed by atoms with van der Waals surface area (Å²) in [5.41, 5.74) is 3.24. The fourth-order valence-corrected chi connectivity index (χ4v) is 4.89. The van der Waals surface area contributed by atoms with Crippen LogP contribution in [0.1, 0.15) is 87.8 Å². The quantitative estimate of drug-likeness (QED) is 0.276. The second-order valence-corrected chi connectivity index (χ2v) is 12.9. The van der Waals surface area contributed by atoms with Crippen molar-refractivity contribution in [1.29, 1.82) is 0 Å². The zero-order valence-corrected chi connectivity index (χ0v) is 25.7. The van der Waals surface area contributed by atoms with Gasteiger partial charge in [0.1, 0.15) is 18.2 Å². The van der Waals surface area contributed by atoms with Gasteiger partial charge in [-0.05, 0) is 50.3 Å². The molecule has 0 saturated heterocycles. The standard InChI is InChI=1S/C31H38N8O4/c1-30(2,3)25-17-42-27(36-25)24(40)13-19-10-11-39(29(41)43-31(4,5)6)15-21-12-20(8-9-23(19)21)26-32-18-33-28(37-26)35-22-14-34-38(7)16-22/h8-9,12,14,16-19H,10-11,13,15H2,1-7H3,(H,32,33,35,37)/t19-/m0/s1. The van der Waals surface area contributed by atoms with E-state index in [1.54, 1.807) is 22.0 Å². The molecule has 1 N–H and O–H groups in total. The zero-order valence-electron chi connectivity index (χ0n) is 25.7. The van der Waals surface area contributed by atoms with E-state index < -0.39 is 11.7 Å². The maximum atomic E-state index is 13.4. The highest BCUT2D eigenvalue weighted by atomic mass is 16.6. The molecule has 0 spiro atoms. The fourth-order valence-electron chi connectivity index (χ4n) is 4.89. The molecule has 4 aromatic rings. The molecule has 3 aromatic heterocycles. The molecule has 1 atom stereocenters. The van der Waals surface area contributed by atoms with Gasteiger partial charge in [0.2, 0.25) is 11.7 Å². The number of Topliss-reactive ketones (excluding diaryl/α,β-unsaturated/α-hetero) is 1. The minimum atomic E-state index is -0.637. The highest BCUT2D eigenvalue weighted by Crippen LogP contribution is 2.35. The minimum Gasteiger partial charge on any atom is -0.444 e. The number of carbonyl (C=O) groups is 2. The van der Waals surface area contributed by atoms with E-state index in [1.165, 1.54) is 6.33 Å². The van der Waals surface area contributed by atoms with Gasteiger partial charge < -0.3 is 19.4 Å². The van der Waals surface area contributed by atoms with Gasteiger partial charge >= 0.3 is 6.09 Å². The average Bonchev–Trinajstić information content (AvgIpc) is 3.55. The van der Waals surface area contributed by atoms with Crippen LogP contribution in [0, 0.1) is 0 Å². The number of amides is 1. The normalized spacial score (nSPS) is 15.5. The number of ketones is 1. The van der Waals surface area contributed by atoms with Crippen molar-refractivity contribution in [2.24, 2.45) is 7.05 Å². The van der Waals surface area contributed by atoms with E-state index in [1.807, 2.05) is 73.0 Å². The van der Waals surface area contributed by atoms with E-state index in [-0.39, 0.29) is 29.4 Å². The molecule has 0 bridgehead atoms. The molecule has 1 aromatic carbocycles. The van der Waals surface area contributed by atoms with Crippen LogP contribution >= 0.6 is 0 Å². The van der Waals surface area contributed by atoms with Crippen LogP contribution in [0.25, 0.3) is 11.4 Å². The Bertz CT molecular complexity index is 1630. The molecule has 12 heteroatoms. The van der Waals surface area contributed by atoms with Gasteiger partial charge in [0.25, 0.3) is 5.89 Å². The van der Waals surface area contributed by atoms with Crippen LogP contribution in [0.2, 0.25) is 0 Å². The SMILES string of the molecule is Cn1cc(Nc2ncnc(-c3ccc4c(c3)CN(C(=O)OC(C)(C)C)CC[C@H]4CC(=O)c3nc(C(C)(C)C)co3)n2)cn1. The maximum Gasteiger partial charge on any atom is 0.410 e. The number of benzene rings is 1. The number of rotatable bonds is 6. The minimum absolute atomic E-state index is 0.107. The largest absolute Gasteiger partial charge is 0.444 e. The third-order valence-corrected chi connectivity index (χ3v) is 7.08. The van der Waals surface area contributed by atoms with Crippen LogP contribution in [0.3, 0.4) is 0 Å². The molecule has 0 radical (unpaired) electrons. The van der Waals surface area contributed by atoms with Crippen molar-refractivity contribution >= 4 is 23.5 Å². The van der Waals surface area contributed by atoms with Gasteiger partial charge in [0, 0.05) is 43.7 Å². The monoisotopic (exact) mass is 586 g/mol. The van der Waals surface area contributed by atoms with Gasteiger partial charge in [-0.2, -0.15) is 10.1 Å². The Balaban J connectivity index is 1.45. The summed E-state index contributed by atoms with van der Waals surface area (Å²) >= 11 is 0. The Morgan fingerprint density at radius 2 is 1.91 bits per heavy atom. The molecule has 0 aliphatic carbocycles. The van der Waals surface area contributed by atoms with E-state index in [2.05, 4.69) is 30.4 Å². The van der Waals surface area contributed by atoms with Gasteiger partial charge in [-0.15, -0.1) is 0 Å². The first-order valence-corrected chi connectivity index (χ1v) is 14.3. The van der Waals surface area contributed by atoms with E-state index in [9.17, 15) is 9.59 Å². The molecule has 0 fully saturated rings. The number of aryl methyl sites for hydroxylation is 1. The second-order valence-electron chi connectivity index (χ2n) is 12.9. The third-order valence-electron chi connectivity index (χ3n) is 7.08. The van der Waals surface area contributed by atoms with Crippen molar-refractivity contribution in [2.45, 2.75) is 77.9 Å². The molecule has 0 saturated carbocycles. The molecule has 1 aliphatic rings. The number of carbonyl (C=O) groups excluding carboxylic acids is 2. The number of hydrogen-bond acceptors (Lipinski definition) is 10. The molecule has 5 rings (SSSR count). The van der Waals surface area contributed by atoms with Crippen LogP contribution in [0.4, 0.5) is 16.4 Å². The first-order chi connectivity index (χ1) is 20.2. The van der Waals surface area contributed by atoms with Gasteiger partial charge in [0.15, 0.2) is 5.82 Å². The predicted octanol–water partition coefficient (Wildman–Crippen LogP) is 5.80. The molecular formula is C31H38N8O4. The average molecular weight is 587 g/mol. The first kappa shape index (κ1) is 29.9. The van der Waals surface area contributed by atoms with E-state index >= 15 is 0 Å². The summed E-state index contributed by atoms with van der Waals surface area (Å²) in [5.74, 6) is 0.627. The summed E-state index contributed by atoms with van der Waals surface area (Å²) in [4.78, 5) is 45.9. The Kier molecular flexibility index (Phi) is 8.04. The maximum absolute atomic E-state index is 13.4. The number of nitrogens with one attached hydrogen (secondary N) is 1. The molecular weight excluding hydrogens is 548 g/mol. The third kappa shape index (κ3) is 7.25. The van der Waals surface area contributed by atoms with E-state index in [0.717, 1.165) is 28.1 Å². The number of oxazole rings is 1. The summed E-state index contributed by atoms with van der Waals surface area (Å²) in [6.45, 7) is 12.3.